The lowest BCUT2D eigenvalue weighted by molar-refractivity contribution is -0.147. The summed E-state index contributed by atoms with van der Waals surface area (Å²) in [6.07, 6.45) is -1.42. The Morgan fingerprint density at radius 2 is 1.71 bits per heavy atom. The van der Waals surface area contributed by atoms with E-state index in [1.165, 1.54) is 0 Å². The molecule has 0 spiro atoms. The van der Waals surface area contributed by atoms with Gasteiger partial charge in [-0.2, -0.15) is 0 Å². The molecule has 0 aliphatic carbocycles. The number of carbonyl (C=O) groups excluding carboxylic acids is 4. The lowest BCUT2D eigenvalue weighted by atomic mass is 9.95. The van der Waals surface area contributed by atoms with Crippen LogP contribution in [-0.2, 0) is 23.9 Å². The van der Waals surface area contributed by atoms with E-state index in [-0.39, 0.29) is 24.3 Å². The minimum Gasteiger partial charge on any atom is -0.478 e. The van der Waals surface area contributed by atoms with Crippen molar-refractivity contribution in [1.29, 1.82) is 0 Å². The van der Waals surface area contributed by atoms with Crippen LogP contribution < -0.4 is 20.7 Å². The number of esters is 2. The summed E-state index contributed by atoms with van der Waals surface area (Å²) in [6.45, 7) is 1.40. The molecule has 2 aromatic carbocycles. The molecule has 0 saturated heterocycles. The third-order valence-corrected chi connectivity index (χ3v) is 5.22. The molecule has 0 bridgehead atoms. The van der Waals surface area contributed by atoms with E-state index < -0.39 is 42.6 Å². The molecule has 3 amide bonds. The first-order valence-electron chi connectivity index (χ1n) is 10.7. The van der Waals surface area contributed by atoms with Crippen LogP contribution >= 0.6 is 0 Å². The molecule has 2 aliphatic rings. The van der Waals surface area contributed by atoms with Crippen molar-refractivity contribution < 1.29 is 33.4 Å². The minimum absolute atomic E-state index is 0.101. The number of ether oxygens (including phenoxy) is 3. The number of para-hydroxylation sites is 2. The zero-order valence-corrected chi connectivity index (χ0v) is 18.3. The third kappa shape index (κ3) is 5.01. The Kier molecular flexibility index (Phi) is 6.77. The Labute approximate surface area is 195 Å². The molecule has 2 aliphatic heterocycles. The second-order valence-electron chi connectivity index (χ2n) is 7.51. The lowest BCUT2D eigenvalue weighted by Gasteiger charge is -2.29. The highest BCUT2D eigenvalue weighted by Gasteiger charge is 2.35. The van der Waals surface area contributed by atoms with Crippen LogP contribution in [0.4, 0.5) is 10.5 Å². The number of benzene rings is 2. The fourth-order valence-electron chi connectivity index (χ4n) is 3.67. The number of hydrogen-bond acceptors (Lipinski definition) is 7. The monoisotopic (exact) mass is 465 g/mol. The quantitative estimate of drug-likeness (QED) is 0.534. The van der Waals surface area contributed by atoms with Gasteiger partial charge in [-0.05, 0) is 24.6 Å². The van der Waals surface area contributed by atoms with E-state index in [9.17, 15) is 19.2 Å². The van der Waals surface area contributed by atoms with Crippen molar-refractivity contribution in [2.24, 2.45) is 0 Å². The highest BCUT2D eigenvalue weighted by Crippen LogP contribution is 2.30. The number of amides is 3. The predicted octanol–water partition coefficient (Wildman–Crippen LogP) is 2.19. The van der Waals surface area contributed by atoms with E-state index in [4.69, 9.17) is 14.2 Å². The van der Waals surface area contributed by atoms with Crippen molar-refractivity contribution in [2.75, 3.05) is 18.5 Å². The van der Waals surface area contributed by atoms with Crippen LogP contribution in [0.2, 0.25) is 0 Å². The van der Waals surface area contributed by atoms with E-state index in [2.05, 4.69) is 16.0 Å². The van der Waals surface area contributed by atoms with Gasteiger partial charge >= 0.3 is 18.0 Å². The molecule has 2 atom stereocenters. The summed E-state index contributed by atoms with van der Waals surface area (Å²) in [4.78, 5) is 49.8. The van der Waals surface area contributed by atoms with Gasteiger partial charge in [0, 0.05) is 0 Å². The molecular weight excluding hydrogens is 442 g/mol. The fraction of sp³-hybridized carbons (Fsp3) is 0.250. The molecule has 4 rings (SSSR count). The predicted molar refractivity (Wildman–Crippen MR) is 120 cm³/mol. The Balaban J connectivity index is 1.50. The Morgan fingerprint density at radius 1 is 0.971 bits per heavy atom. The molecule has 0 unspecified atom stereocenters. The zero-order valence-electron chi connectivity index (χ0n) is 18.3. The van der Waals surface area contributed by atoms with E-state index in [1.54, 1.807) is 55.5 Å². The normalized spacial score (nSPS) is 19.1. The molecule has 0 radical (unpaired) electrons. The summed E-state index contributed by atoms with van der Waals surface area (Å²) in [7, 11) is 0. The standard InChI is InChI=1S/C24H23N3O7/c1-2-32-23(30)20-16(26-24(31)27-21(20)14-8-4-3-5-9-14)13-33-19(28)12-18-22(29)25-15-10-6-7-11-17(15)34-18/h3-11,18,21H,2,12-13H2,1H3,(H,25,29)(H2,26,27,31)/t18-,21-/m0/s1. The summed E-state index contributed by atoms with van der Waals surface area (Å²) in [5.41, 5.74) is 1.41. The average Bonchev–Trinajstić information content (AvgIpc) is 2.83. The van der Waals surface area contributed by atoms with Crippen molar-refractivity contribution in [1.82, 2.24) is 10.6 Å². The second-order valence-corrected chi connectivity index (χ2v) is 7.51. The number of nitrogens with one attached hydrogen (secondary N) is 3. The summed E-state index contributed by atoms with van der Waals surface area (Å²) >= 11 is 0. The van der Waals surface area contributed by atoms with Gasteiger partial charge < -0.3 is 30.2 Å². The van der Waals surface area contributed by atoms with Crippen molar-refractivity contribution in [3.05, 3.63) is 71.4 Å². The van der Waals surface area contributed by atoms with Crippen LogP contribution in [-0.4, -0.2) is 43.2 Å². The van der Waals surface area contributed by atoms with E-state index in [1.807, 2.05) is 6.07 Å². The first-order valence-corrected chi connectivity index (χ1v) is 10.7. The first-order chi connectivity index (χ1) is 16.5. The van der Waals surface area contributed by atoms with Gasteiger partial charge in [-0.3, -0.25) is 9.59 Å². The number of hydrogen-bond donors (Lipinski definition) is 3. The summed E-state index contributed by atoms with van der Waals surface area (Å²) in [5, 5.41) is 7.90. The molecular formula is C24H23N3O7. The molecule has 34 heavy (non-hydrogen) atoms. The van der Waals surface area contributed by atoms with Crippen LogP contribution in [0.15, 0.2) is 65.9 Å². The SMILES string of the molecule is CCOC(=O)C1=C(COC(=O)C[C@@H]2Oc3ccccc3NC2=O)NC(=O)N[C@H]1c1ccccc1. The number of carbonyl (C=O) groups is 4. The maximum Gasteiger partial charge on any atom is 0.338 e. The van der Waals surface area contributed by atoms with Crippen molar-refractivity contribution in [3.8, 4) is 5.75 Å². The number of anilines is 1. The van der Waals surface area contributed by atoms with Gasteiger partial charge in [0.05, 0.1) is 36.0 Å². The third-order valence-electron chi connectivity index (χ3n) is 5.22. The average molecular weight is 465 g/mol. The number of urea groups is 1. The molecule has 2 aromatic rings. The van der Waals surface area contributed by atoms with Gasteiger partial charge in [0.25, 0.3) is 5.91 Å². The Hall–Kier alpha value is -4.34. The molecule has 0 saturated carbocycles. The van der Waals surface area contributed by atoms with Crippen molar-refractivity contribution in [2.45, 2.75) is 25.5 Å². The fourth-order valence-corrected chi connectivity index (χ4v) is 3.67. The van der Waals surface area contributed by atoms with Gasteiger partial charge in [0.2, 0.25) is 0 Å². The maximum absolute atomic E-state index is 12.7. The van der Waals surface area contributed by atoms with Gasteiger partial charge in [-0.25, -0.2) is 9.59 Å². The van der Waals surface area contributed by atoms with Gasteiger partial charge in [0.1, 0.15) is 12.4 Å². The second kappa shape index (κ2) is 10.1. The number of fused-ring (bicyclic) bond motifs is 1. The van der Waals surface area contributed by atoms with Crippen LogP contribution in [0, 0.1) is 0 Å². The summed E-state index contributed by atoms with van der Waals surface area (Å²) < 4.78 is 16.1. The Bertz CT molecular complexity index is 1150. The van der Waals surface area contributed by atoms with E-state index in [0.717, 1.165) is 0 Å². The molecule has 0 fully saturated rings. The van der Waals surface area contributed by atoms with E-state index >= 15 is 0 Å². The van der Waals surface area contributed by atoms with Gasteiger partial charge in [0.15, 0.2) is 6.10 Å². The minimum atomic E-state index is -1.07. The summed E-state index contributed by atoms with van der Waals surface area (Å²) in [5.74, 6) is -1.41. The number of rotatable bonds is 7. The molecule has 3 N–H and O–H groups in total. The topological polar surface area (TPSA) is 132 Å². The molecule has 0 aromatic heterocycles. The maximum atomic E-state index is 12.7. The largest absolute Gasteiger partial charge is 0.478 e. The van der Waals surface area contributed by atoms with Crippen molar-refractivity contribution in [3.63, 3.8) is 0 Å². The molecule has 10 nitrogen and oxygen atoms in total. The Morgan fingerprint density at radius 3 is 2.47 bits per heavy atom. The lowest BCUT2D eigenvalue weighted by Crippen LogP contribution is -2.47. The molecule has 10 heteroatoms. The van der Waals surface area contributed by atoms with Crippen LogP contribution in [0.25, 0.3) is 0 Å². The smallest absolute Gasteiger partial charge is 0.338 e. The van der Waals surface area contributed by atoms with Gasteiger partial charge in [-0.1, -0.05) is 42.5 Å². The zero-order chi connectivity index (χ0) is 24.1. The summed E-state index contributed by atoms with van der Waals surface area (Å²) in [6, 6.07) is 14.4. The van der Waals surface area contributed by atoms with Crippen LogP contribution in [0.5, 0.6) is 5.75 Å². The van der Waals surface area contributed by atoms with Crippen LogP contribution in [0.1, 0.15) is 24.9 Å². The van der Waals surface area contributed by atoms with Gasteiger partial charge in [-0.15, -0.1) is 0 Å². The highest BCUT2D eigenvalue weighted by atomic mass is 16.5. The molecule has 2 heterocycles. The van der Waals surface area contributed by atoms with Crippen molar-refractivity contribution >= 4 is 29.6 Å². The highest BCUT2D eigenvalue weighted by molar-refractivity contribution is 5.99. The van der Waals surface area contributed by atoms with E-state index in [0.29, 0.717) is 17.0 Å². The molecule has 176 valence electrons. The van der Waals surface area contributed by atoms with Crippen LogP contribution in [0.3, 0.4) is 0 Å². The first kappa shape index (κ1) is 22.8.